The maximum atomic E-state index is 12.2. The highest BCUT2D eigenvalue weighted by Gasteiger charge is 2.32. The van der Waals surface area contributed by atoms with Crippen LogP contribution in [0.3, 0.4) is 0 Å². The Hall–Kier alpha value is -1.18. The topological polar surface area (TPSA) is 76.8 Å². The molecule has 0 aliphatic carbocycles. The monoisotopic (exact) mass is 369 g/mol. The number of amides is 1. The number of nitrogens with two attached hydrogens (primary N) is 1. The van der Waals surface area contributed by atoms with E-state index in [0.717, 1.165) is 18.7 Å². The van der Waals surface area contributed by atoms with Crippen LogP contribution in [0.25, 0.3) is 0 Å². The van der Waals surface area contributed by atoms with E-state index in [1.807, 2.05) is 24.3 Å². The Balaban J connectivity index is 2.12. The number of benzene rings is 1. The second-order valence-electron chi connectivity index (χ2n) is 6.95. The maximum Gasteiger partial charge on any atom is 0.239 e. The van der Waals surface area contributed by atoms with E-state index < -0.39 is 6.04 Å². The van der Waals surface area contributed by atoms with E-state index in [1.165, 1.54) is 7.11 Å². The van der Waals surface area contributed by atoms with Gasteiger partial charge in [0.05, 0.1) is 24.9 Å². The van der Waals surface area contributed by atoms with E-state index in [4.69, 9.17) is 26.8 Å². The predicted molar refractivity (Wildman–Crippen MR) is 98.7 cm³/mol. The molecule has 1 aromatic carbocycles. The molecule has 2 rings (SSSR count). The minimum absolute atomic E-state index is 0.0270. The third-order valence-electron chi connectivity index (χ3n) is 4.30. The molecule has 1 aromatic rings. The molecule has 2 unspecified atom stereocenters. The number of morpholine rings is 1. The molecule has 6 nitrogen and oxygen atoms in total. The van der Waals surface area contributed by atoms with Crippen LogP contribution in [0.5, 0.6) is 0 Å². The van der Waals surface area contributed by atoms with Gasteiger partial charge in [-0.1, -0.05) is 23.7 Å². The van der Waals surface area contributed by atoms with Gasteiger partial charge in [0.25, 0.3) is 0 Å². The summed E-state index contributed by atoms with van der Waals surface area (Å²) in [6, 6.07) is 7.09. The Bertz CT molecular complexity index is 565. The molecule has 0 spiro atoms. The van der Waals surface area contributed by atoms with Gasteiger partial charge >= 0.3 is 0 Å². The molecular formula is C18H28ClN3O3. The third-order valence-corrected chi connectivity index (χ3v) is 4.56. The maximum absolute atomic E-state index is 12.2. The summed E-state index contributed by atoms with van der Waals surface area (Å²) in [6.45, 7) is 7.05. The zero-order valence-electron chi connectivity index (χ0n) is 15.1. The molecule has 25 heavy (non-hydrogen) atoms. The lowest BCUT2D eigenvalue weighted by molar-refractivity contribution is -0.124. The summed E-state index contributed by atoms with van der Waals surface area (Å²) in [5.74, 6) is -0.215. The highest BCUT2D eigenvalue weighted by atomic mass is 35.5. The number of halogens is 1. The van der Waals surface area contributed by atoms with Gasteiger partial charge in [-0.15, -0.1) is 0 Å². The van der Waals surface area contributed by atoms with Crippen molar-refractivity contribution in [1.82, 2.24) is 10.2 Å². The zero-order chi connectivity index (χ0) is 18.4. The lowest BCUT2D eigenvalue weighted by Gasteiger charge is -2.42. The lowest BCUT2D eigenvalue weighted by atomic mass is 10.0. The number of carbonyl (C=O) groups excluding carboxylic acids is 1. The van der Waals surface area contributed by atoms with Gasteiger partial charge in [0.1, 0.15) is 6.04 Å². The molecule has 2 atom stereocenters. The minimum atomic E-state index is -0.669. The molecule has 140 valence electrons. The first-order chi connectivity index (χ1) is 11.8. The highest BCUT2D eigenvalue weighted by molar-refractivity contribution is 6.30. The van der Waals surface area contributed by atoms with E-state index >= 15 is 0 Å². The number of carbonyl (C=O) groups is 1. The number of hydrogen-bond acceptors (Lipinski definition) is 5. The number of hydrogen-bond donors (Lipinski definition) is 2. The van der Waals surface area contributed by atoms with Gasteiger partial charge < -0.3 is 20.5 Å². The molecule has 1 aliphatic heterocycles. The summed E-state index contributed by atoms with van der Waals surface area (Å²) >= 11 is 6.02. The lowest BCUT2D eigenvalue weighted by Crippen LogP contribution is -2.52. The molecule has 0 bridgehead atoms. The second-order valence-corrected chi connectivity index (χ2v) is 7.39. The molecule has 1 heterocycles. The first kappa shape index (κ1) is 20.1. The zero-order valence-corrected chi connectivity index (χ0v) is 15.9. The van der Waals surface area contributed by atoms with Crippen LogP contribution in [0.4, 0.5) is 0 Å². The highest BCUT2D eigenvalue weighted by Crippen LogP contribution is 2.27. The van der Waals surface area contributed by atoms with E-state index in [-0.39, 0.29) is 24.2 Å². The average Bonchev–Trinajstić information content (AvgIpc) is 2.55. The van der Waals surface area contributed by atoms with Crippen molar-refractivity contribution in [3.8, 4) is 0 Å². The summed E-state index contributed by atoms with van der Waals surface area (Å²) in [5.41, 5.74) is 6.68. The van der Waals surface area contributed by atoms with Crippen LogP contribution in [0, 0.1) is 0 Å². The molecule has 1 fully saturated rings. The van der Waals surface area contributed by atoms with Crippen LogP contribution in [-0.2, 0) is 14.3 Å². The van der Waals surface area contributed by atoms with Gasteiger partial charge in [0.15, 0.2) is 0 Å². The van der Waals surface area contributed by atoms with Gasteiger partial charge in [0.2, 0.25) is 5.91 Å². The van der Waals surface area contributed by atoms with Crippen molar-refractivity contribution in [2.75, 3.05) is 40.0 Å². The number of methoxy groups -OCH3 is 1. The van der Waals surface area contributed by atoms with Gasteiger partial charge in [0, 0.05) is 31.8 Å². The molecular weight excluding hydrogens is 342 g/mol. The fourth-order valence-electron chi connectivity index (χ4n) is 3.05. The normalized spacial score (nSPS) is 20.0. The Labute approximate surface area is 154 Å². The fraction of sp³-hybridized carbons (Fsp3) is 0.611. The van der Waals surface area contributed by atoms with E-state index in [0.29, 0.717) is 18.2 Å². The van der Waals surface area contributed by atoms with Crippen LogP contribution in [-0.4, -0.2) is 62.4 Å². The Morgan fingerprint density at radius 3 is 2.72 bits per heavy atom. The number of rotatable bonds is 7. The fourth-order valence-corrected chi connectivity index (χ4v) is 3.17. The Morgan fingerprint density at radius 2 is 2.12 bits per heavy atom. The van der Waals surface area contributed by atoms with Crippen LogP contribution >= 0.6 is 11.6 Å². The van der Waals surface area contributed by atoms with E-state index in [9.17, 15) is 4.79 Å². The van der Waals surface area contributed by atoms with Gasteiger partial charge in [-0.2, -0.15) is 0 Å². The van der Waals surface area contributed by atoms with Crippen molar-refractivity contribution in [2.45, 2.75) is 31.5 Å². The van der Waals surface area contributed by atoms with E-state index in [2.05, 4.69) is 24.1 Å². The average molecular weight is 370 g/mol. The number of nitrogens with one attached hydrogen (secondary N) is 1. The van der Waals surface area contributed by atoms with Crippen LogP contribution in [0.15, 0.2) is 24.3 Å². The minimum Gasteiger partial charge on any atom is -0.383 e. The van der Waals surface area contributed by atoms with Crippen molar-refractivity contribution in [3.63, 3.8) is 0 Å². The quantitative estimate of drug-likeness (QED) is 0.763. The molecule has 0 saturated carbocycles. The molecule has 7 heteroatoms. The van der Waals surface area contributed by atoms with Gasteiger partial charge in [-0.3, -0.25) is 9.69 Å². The Morgan fingerprint density at radius 1 is 1.44 bits per heavy atom. The van der Waals surface area contributed by atoms with Gasteiger partial charge in [-0.05, 0) is 31.5 Å². The third kappa shape index (κ3) is 5.94. The first-order valence-electron chi connectivity index (χ1n) is 8.48. The molecule has 0 radical (unpaired) electrons. The van der Waals surface area contributed by atoms with Gasteiger partial charge in [-0.25, -0.2) is 0 Å². The summed E-state index contributed by atoms with van der Waals surface area (Å²) in [5, 5.41) is 3.64. The van der Waals surface area contributed by atoms with E-state index in [1.54, 1.807) is 0 Å². The summed E-state index contributed by atoms with van der Waals surface area (Å²) in [6.07, 6.45) is 0. The standard InChI is InChI=1S/C18H28ClN3O3/c1-18(2)12-22(8-9-25-18)16(13-4-6-14(19)7-5-13)10-21-17(23)15(20)11-24-3/h4-7,15-16H,8-12,20H2,1-3H3,(H,21,23). The molecule has 1 amide bonds. The molecule has 0 aromatic heterocycles. The summed E-state index contributed by atoms with van der Waals surface area (Å²) in [4.78, 5) is 14.5. The molecule has 1 aliphatic rings. The molecule has 3 N–H and O–H groups in total. The van der Waals surface area contributed by atoms with Crippen molar-refractivity contribution in [2.24, 2.45) is 5.73 Å². The van der Waals surface area contributed by atoms with Crippen molar-refractivity contribution in [3.05, 3.63) is 34.9 Å². The smallest absolute Gasteiger partial charge is 0.239 e. The number of nitrogens with zero attached hydrogens (tertiary/aromatic N) is 1. The first-order valence-corrected chi connectivity index (χ1v) is 8.86. The molecule has 1 saturated heterocycles. The van der Waals surface area contributed by atoms with Crippen LogP contribution in [0.2, 0.25) is 5.02 Å². The largest absolute Gasteiger partial charge is 0.383 e. The Kier molecular flexibility index (Phi) is 7.22. The summed E-state index contributed by atoms with van der Waals surface area (Å²) in [7, 11) is 1.53. The second kappa shape index (κ2) is 8.96. The van der Waals surface area contributed by atoms with Crippen LogP contribution < -0.4 is 11.1 Å². The number of ether oxygens (including phenoxy) is 2. The van der Waals surface area contributed by atoms with Crippen molar-refractivity contribution in [1.29, 1.82) is 0 Å². The SMILES string of the molecule is COCC(N)C(=O)NCC(c1ccc(Cl)cc1)N1CCOC(C)(C)C1. The summed E-state index contributed by atoms with van der Waals surface area (Å²) < 4.78 is 10.8. The van der Waals surface area contributed by atoms with Crippen molar-refractivity contribution < 1.29 is 14.3 Å². The van der Waals surface area contributed by atoms with Crippen LogP contribution in [0.1, 0.15) is 25.5 Å². The predicted octanol–water partition coefficient (Wildman–Crippen LogP) is 1.58. The van der Waals surface area contributed by atoms with Crippen molar-refractivity contribution >= 4 is 17.5 Å².